The molecule has 5 nitrogen and oxygen atoms in total. The molecule has 0 radical (unpaired) electrons. The fourth-order valence-electron chi connectivity index (χ4n) is 3.21. The third kappa shape index (κ3) is 5.64. The van der Waals surface area contributed by atoms with Crippen molar-refractivity contribution >= 4 is 12.0 Å². The van der Waals surface area contributed by atoms with E-state index in [2.05, 4.69) is 0 Å². The summed E-state index contributed by atoms with van der Waals surface area (Å²) in [7, 11) is 0. The summed E-state index contributed by atoms with van der Waals surface area (Å²) in [5.74, 6) is -1.87. The van der Waals surface area contributed by atoms with Crippen molar-refractivity contribution in [2.24, 2.45) is 11.8 Å². The molecule has 0 aliphatic carbocycles. The van der Waals surface area contributed by atoms with Gasteiger partial charge in [-0.2, -0.15) is 13.2 Å². The summed E-state index contributed by atoms with van der Waals surface area (Å²) in [6, 6.07) is 5.91. The Morgan fingerprint density at radius 1 is 1.27 bits per heavy atom. The lowest BCUT2D eigenvalue weighted by Crippen LogP contribution is -2.54. The number of hydrogen-bond acceptors (Lipinski definition) is 2. The zero-order chi connectivity index (χ0) is 19.3. The molecule has 1 saturated heterocycles. The Balaban J connectivity index is 2.00. The maximum atomic E-state index is 13.3. The molecule has 2 amide bonds. The van der Waals surface area contributed by atoms with Crippen molar-refractivity contribution in [3.63, 3.8) is 0 Å². The van der Waals surface area contributed by atoms with Crippen molar-refractivity contribution in [2.45, 2.75) is 38.4 Å². The molecule has 2 N–H and O–H groups in total. The number of rotatable bonds is 5. The molecule has 1 aromatic carbocycles. The Kier molecular flexibility index (Phi) is 6.50. The lowest BCUT2D eigenvalue weighted by atomic mass is 9.91. The second-order valence-corrected chi connectivity index (χ2v) is 6.85. The standard InChI is InChI=1S/C18H23F3N2O3/c1-12-9-14(16(24)25)11-23(10-12)17(26)22-15(18(19,20)21)8-7-13-5-3-2-4-6-13/h2-6,12,14-15H,7-11H2,1H3,(H,22,26)(H,24,25). The molecule has 1 fully saturated rings. The quantitative estimate of drug-likeness (QED) is 0.833. The highest BCUT2D eigenvalue weighted by molar-refractivity contribution is 5.77. The van der Waals surface area contributed by atoms with Gasteiger partial charge in [0.05, 0.1) is 5.92 Å². The molecule has 0 aromatic heterocycles. The molecule has 2 rings (SSSR count). The number of likely N-dealkylation sites (tertiary alicyclic amines) is 1. The first-order valence-electron chi connectivity index (χ1n) is 8.55. The molecular weight excluding hydrogens is 349 g/mol. The number of carboxylic acid groups (broad SMARTS) is 1. The normalized spacial score (nSPS) is 21.9. The molecular formula is C18H23F3N2O3. The summed E-state index contributed by atoms with van der Waals surface area (Å²) < 4.78 is 39.9. The number of aryl methyl sites for hydroxylation is 1. The Labute approximate surface area is 150 Å². The van der Waals surface area contributed by atoms with Gasteiger partial charge in [-0.3, -0.25) is 4.79 Å². The van der Waals surface area contributed by atoms with Crippen LogP contribution in [0.2, 0.25) is 0 Å². The predicted octanol–water partition coefficient (Wildman–Crippen LogP) is 3.30. The molecule has 0 spiro atoms. The summed E-state index contributed by atoms with van der Waals surface area (Å²) in [4.78, 5) is 24.6. The van der Waals surface area contributed by atoms with Gasteiger partial charge in [0.25, 0.3) is 0 Å². The van der Waals surface area contributed by atoms with E-state index in [1.54, 1.807) is 37.3 Å². The molecule has 0 saturated carbocycles. The van der Waals surface area contributed by atoms with Gasteiger partial charge in [0.15, 0.2) is 0 Å². The highest BCUT2D eigenvalue weighted by Crippen LogP contribution is 2.26. The molecule has 1 heterocycles. The van der Waals surface area contributed by atoms with Crippen molar-refractivity contribution in [3.8, 4) is 0 Å². The van der Waals surface area contributed by atoms with Crippen LogP contribution in [0.15, 0.2) is 30.3 Å². The van der Waals surface area contributed by atoms with Crippen LogP contribution in [0.25, 0.3) is 0 Å². The number of halogens is 3. The fraction of sp³-hybridized carbons (Fsp3) is 0.556. The molecule has 3 atom stereocenters. The van der Waals surface area contributed by atoms with Crippen LogP contribution in [-0.2, 0) is 11.2 Å². The average Bonchev–Trinajstić information content (AvgIpc) is 2.57. The summed E-state index contributed by atoms with van der Waals surface area (Å²) >= 11 is 0. The number of amides is 2. The van der Waals surface area contributed by atoms with Gasteiger partial charge in [0.1, 0.15) is 6.04 Å². The molecule has 1 aliphatic heterocycles. The maximum absolute atomic E-state index is 13.3. The van der Waals surface area contributed by atoms with Crippen LogP contribution in [0.5, 0.6) is 0 Å². The van der Waals surface area contributed by atoms with Crippen LogP contribution in [0.3, 0.4) is 0 Å². The first-order valence-corrected chi connectivity index (χ1v) is 8.55. The topological polar surface area (TPSA) is 69.6 Å². The number of nitrogens with zero attached hydrogens (tertiary/aromatic N) is 1. The molecule has 8 heteroatoms. The van der Waals surface area contributed by atoms with Crippen molar-refractivity contribution in [1.82, 2.24) is 10.2 Å². The predicted molar refractivity (Wildman–Crippen MR) is 89.6 cm³/mol. The van der Waals surface area contributed by atoms with Gasteiger partial charge in [-0.15, -0.1) is 0 Å². The second kappa shape index (κ2) is 8.42. The van der Waals surface area contributed by atoms with Gasteiger partial charge in [-0.25, -0.2) is 4.79 Å². The van der Waals surface area contributed by atoms with Crippen LogP contribution in [0.4, 0.5) is 18.0 Å². The third-order valence-electron chi connectivity index (χ3n) is 4.55. The number of aliphatic carboxylic acids is 1. The van der Waals surface area contributed by atoms with E-state index in [-0.39, 0.29) is 31.8 Å². The van der Waals surface area contributed by atoms with Crippen LogP contribution in [-0.4, -0.2) is 47.3 Å². The highest BCUT2D eigenvalue weighted by Gasteiger charge is 2.42. The summed E-state index contributed by atoms with van der Waals surface area (Å²) in [6.45, 7) is 1.96. The number of alkyl halides is 3. The number of carbonyl (C=O) groups is 2. The van der Waals surface area contributed by atoms with Crippen LogP contribution in [0, 0.1) is 11.8 Å². The van der Waals surface area contributed by atoms with Crippen LogP contribution in [0.1, 0.15) is 25.3 Å². The van der Waals surface area contributed by atoms with Crippen molar-refractivity contribution in [2.75, 3.05) is 13.1 Å². The van der Waals surface area contributed by atoms with Gasteiger partial charge >= 0.3 is 18.2 Å². The van der Waals surface area contributed by atoms with Gasteiger partial charge in [0, 0.05) is 13.1 Å². The zero-order valence-electron chi connectivity index (χ0n) is 14.5. The number of piperidine rings is 1. The smallest absolute Gasteiger partial charge is 0.408 e. The average molecular weight is 372 g/mol. The monoisotopic (exact) mass is 372 g/mol. The first kappa shape index (κ1) is 20.1. The van der Waals surface area contributed by atoms with E-state index >= 15 is 0 Å². The van der Waals surface area contributed by atoms with E-state index in [1.165, 1.54) is 4.90 Å². The van der Waals surface area contributed by atoms with E-state index in [9.17, 15) is 22.8 Å². The van der Waals surface area contributed by atoms with E-state index in [0.717, 1.165) is 5.56 Å². The number of benzene rings is 1. The molecule has 144 valence electrons. The van der Waals surface area contributed by atoms with E-state index in [4.69, 9.17) is 5.11 Å². The summed E-state index contributed by atoms with van der Waals surface area (Å²) in [5.41, 5.74) is 0.758. The van der Waals surface area contributed by atoms with Crippen molar-refractivity contribution in [1.29, 1.82) is 0 Å². The van der Waals surface area contributed by atoms with E-state index < -0.39 is 30.1 Å². The van der Waals surface area contributed by atoms with E-state index in [0.29, 0.717) is 6.42 Å². The zero-order valence-corrected chi connectivity index (χ0v) is 14.5. The maximum Gasteiger partial charge on any atom is 0.408 e. The largest absolute Gasteiger partial charge is 0.481 e. The van der Waals surface area contributed by atoms with Gasteiger partial charge in [-0.1, -0.05) is 37.3 Å². The second-order valence-electron chi connectivity index (χ2n) is 6.85. The minimum Gasteiger partial charge on any atom is -0.481 e. The highest BCUT2D eigenvalue weighted by atomic mass is 19.4. The van der Waals surface area contributed by atoms with Crippen molar-refractivity contribution in [3.05, 3.63) is 35.9 Å². The number of carbonyl (C=O) groups excluding carboxylic acids is 1. The minimum atomic E-state index is -4.57. The molecule has 3 unspecified atom stereocenters. The van der Waals surface area contributed by atoms with Crippen LogP contribution < -0.4 is 5.32 Å². The van der Waals surface area contributed by atoms with Gasteiger partial charge in [-0.05, 0) is 30.7 Å². The number of nitrogens with one attached hydrogen (secondary N) is 1. The molecule has 1 aliphatic rings. The molecule has 1 aromatic rings. The lowest BCUT2D eigenvalue weighted by Gasteiger charge is -2.35. The number of carboxylic acids is 1. The minimum absolute atomic E-state index is 0.0746. The SMILES string of the molecule is CC1CC(C(=O)O)CN(C(=O)NC(CCc2ccccc2)C(F)(F)F)C1. The Hall–Kier alpha value is -2.25. The molecule has 0 bridgehead atoms. The molecule has 26 heavy (non-hydrogen) atoms. The third-order valence-corrected chi connectivity index (χ3v) is 4.55. The van der Waals surface area contributed by atoms with Crippen LogP contribution >= 0.6 is 0 Å². The summed E-state index contributed by atoms with van der Waals surface area (Å²) in [6.07, 6.45) is -4.25. The Bertz CT molecular complexity index is 622. The first-order chi connectivity index (χ1) is 12.2. The van der Waals surface area contributed by atoms with E-state index in [1.807, 2.05) is 5.32 Å². The number of urea groups is 1. The Morgan fingerprint density at radius 3 is 2.50 bits per heavy atom. The van der Waals surface area contributed by atoms with Crippen molar-refractivity contribution < 1.29 is 27.9 Å². The Morgan fingerprint density at radius 2 is 1.92 bits per heavy atom. The fourth-order valence-corrected chi connectivity index (χ4v) is 3.21. The van der Waals surface area contributed by atoms with Gasteiger partial charge in [0.2, 0.25) is 0 Å². The number of hydrogen-bond donors (Lipinski definition) is 2. The van der Waals surface area contributed by atoms with Gasteiger partial charge < -0.3 is 15.3 Å². The lowest BCUT2D eigenvalue weighted by molar-refractivity contribution is -0.155. The summed E-state index contributed by atoms with van der Waals surface area (Å²) in [5, 5.41) is 11.2.